The van der Waals surface area contributed by atoms with Gasteiger partial charge in [-0.1, -0.05) is 6.92 Å². The largest absolute Gasteiger partial charge is 0.328 e. The first-order valence-electron chi connectivity index (χ1n) is 5.68. The summed E-state index contributed by atoms with van der Waals surface area (Å²) in [7, 11) is 0. The van der Waals surface area contributed by atoms with Crippen LogP contribution in [0.15, 0.2) is 0 Å². The van der Waals surface area contributed by atoms with E-state index in [0.29, 0.717) is 6.04 Å². The van der Waals surface area contributed by atoms with Gasteiger partial charge in [0.2, 0.25) is 0 Å². The highest BCUT2D eigenvalue weighted by Gasteiger charge is 2.35. The Morgan fingerprint density at radius 3 is 2.38 bits per heavy atom. The van der Waals surface area contributed by atoms with Crippen LogP contribution in [0.1, 0.15) is 39.5 Å². The third-order valence-corrected chi connectivity index (χ3v) is 3.81. The molecule has 2 aliphatic rings. The maximum Gasteiger partial charge on any atom is 0.0128 e. The minimum Gasteiger partial charge on any atom is -0.328 e. The third-order valence-electron chi connectivity index (χ3n) is 3.81. The second-order valence-electron chi connectivity index (χ2n) is 5.10. The van der Waals surface area contributed by atoms with Gasteiger partial charge in [-0.05, 0) is 45.1 Å². The van der Waals surface area contributed by atoms with E-state index in [1.54, 1.807) is 0 Å². The Balaban J connectivity index is 1.86. The van der Waals surface area contributed by atoms with Crippen molar-refractivity contribution in [2.75, 3.05) is 6.54 Å². The fraction of sp³-hybridized carbons (Fsp3) is 1.00. The van der Waals surface area contributed by atoms with E-state index < -0.39 is 0 Å². The lowest BCUT2D eigenvalue weighted by Crippen LogP contribution is -2.55. The lowest BCUT2D eigenvalue weighted by atomic mass is 9.82. The molecule has 2 rings (SSSR count). The fourth-order valence-corrected chi connectivity index (χ4v) is 2.87. The second kappa shape index (κ2) is 3.58. The molecule has 2 atom stereocenters. The fourth-order valence-electron chi connectivity index (χ4n) is 2.87. The van der Waals surface area contributed by atoms with Crippen LogP contribution < -0.4 is 5.73 Å². The average Bonchev–Trinajstić information content (AvgIpc) is 2.00. The smallest absolute Gasteiger partial charge is 0.0128 e. The van der Waals surface area contributed by atoms with Crippen LogP contribution in [0, 0.1) is 5.92 Å². The molecule has 0 bridgehead atoms. The van der Waals surface area contributed by atoms with Crippen LogP contribution in [0.25, 0.3) is 0 Å². The molecule has 2 fully saturated rings. The van der Waals surface area contributed by atoms with E-state index in [0.717, 1.165) is 18.0 Å². The highest BCUT2D eigenvalue weighted by molar-refractivity contribution is 4.93. The van der Waals surface area contributed by atoms with E-state index in [1.807, 2.05) is 0 Å². The van der Waals surface area contributed by atoms with Crippen LogP contribution >= 0.6 is 0 Å². The number of rotatable bonds is 1. The number of hydrogen-bond acceptors (Lipinski definition) is 2. The van der Waals surface area contributed by atoms with Gasteiger partial charge in [-0.2, -0.15) is 0 Å². The first-order valence-corrected chi connectivity index (χ1v) is 5.68. The molecule has 76 valence electrons. The molecule has 0 spiro atoms. The molecule has 1 saturated heterocycles. The lowest BCUT2D eigenvalue weighted by Gasteiger charge is -2.47. The molecule has 0 aromatic carbocycles. The number of piperidine rings is 1. The lowest BCUT2D eigenvalue weighted by molar-refractivity contribution is 0.0342. The Bertz CT molecular complexity index is 173. The second-order valence-corrected chi connectivity index (χ2v) is 5.10. The first kappa shape index (κ1) is 9.47. The van der Waals surface area contributed by atoms with Crippen LogP contribution in [-0.4, -0.2) is 29.6 Å². The third kappa shape index (κ3) is 1.89. The number of nitrogens with zero attached hydrogens (tertiary/aromatic N) is 1. The zero-order chi connectivity index (χ0) is 9.42. The Morgan fingerprint density at radius 2 is 1.85 bits per heavy atom. The Labute approximate surface area is 81.5 Å². The van der Waals surface area contributed by atoms with Gasteiger partial charge in [0.25, 0.3) is 0 Å². The summed E-state index contributed by atoms with van der Waals surface area (Å²) >= 11 is 0. The Morgan fingerprint density at radius 1 is 1.15 bits per heavy atom. The molecule has 1 heterocycles. The topological polar surface area (TPSA) is 29.3 Å². The first-order chi connectivity index (χ1) is 6.16. The van der Waals surface area contributed by atoms with Gasteiger partial charge in [0.05, 0.1) is 0 Å². The summed E-state index contributed by atoms with van der Waals surface area (Å²) in [6, 6.07) is 2.11. The minimum atomic E-state index is 0.497. The highest BCUT2D eigenvalue weighted by Crippen LogP contribution is 2.31. The number of hydrogen-bond donors (Lipinski definition) is 1. The van der Waals surface area contributed by atoms with Crippen LogP contribution in [0.5, 0.6) is 0 Å². The maximum absolute atomic E-state index is 5.82. The molecular weight excluding hydrogens is 160 g/mol. The average molecular weight is 182 g/mol. The van der Waals surface area contributed by atoms with Crippen molar-refractivity contribution in [3.05, 3.63) is 0 Å². The van der Waals surface area contributed by atoms with Crippen molar-refractivity contribution in [2.24, 2.45) is 11.7 Å². The van der Waals surface area contributed by atoms with Gasteiger partial charge in [0.1, 0.15) is 0 Å². The molecule has 1 aliphatic carbocycles. The molecule has 0 amide bonds. The monoisotopic (exact) mass is 182 g/mol. The van der Waals surface area contributed by atoms with E-state index in [2.05, 4.69) is 18.7 Å². The van der Waals surface area contributed by atoms with Gasteiger partial charge in [-0.15, -0.1) is 0 Å². The van der Waals surface area contributed by atoms with Gasteiger partial charge < -0.3 is 5.73 Å². The quantitative estimate of drug-likeness (QED) is 0.667. The molecule has 2 heteroatoms. The molecule has 2 nitrogen and oxygen atoms in total. The van der Waals surface area contributed by atoms with Crippen molar-refractivity contribution in [2.45, 2.75) is 57.7 Å². The van der Waals surface area contributed by atoms with Crippen molar-refractivity contribution < 1.29 is 0 Å². The molecule has 13 heavy (non-hydrogen) atoms. The molecule has 2 N–H and O–H groups in total. The van der Waals surface area contributed by atoms with Crippen LogP contribution in [0.3, 0.4) is 0 Å². The Hall–Kier alpha value is -0.0800. The van der Waals surface area contributed by atoms with Gasteiger partial charge >= 0.3 is 0 Å². The molecule has 0 aromatic rings. The normalized spacial score (nSPS) is 47.3. The summed E-state index contributed by atoms with van der Waals surface area (Å²) in [6.45, 7) is 6.06. The summed E-state index contributed by atoms with van der Waals surface area (Å²) in [5.74, 6) is 0.931. The van der Waals surface area contributed by atoms with Crippen molar-refractivity contribution >= 4 is 0 Å². The van der Waals surface area contributed by atoms with Crippen LogP contribution in [-0.2, 0) is 0 Å². The summed E-state index contributed by atoms with van der Waals surface area (Å²) in [4.78, 5) is 2.68. The van der Waals surface area contributed by atoms with Crippen molar-refractivity contribution in [1.82, 2.24) is 4.90 Å². The zero-order valence-electron chi connectivity index (χ0n) is 8.87. The summed E-state index contributed by atoms with van der Waals surface area (Å²) < 4.78 is 0. The number of likely N-dealkylation sites (tertiary alicyclic amines) is 1. The zero-order valence-corrected chi connectivity index (χ0v) is 8.87. The SMILES string of the molecule is CC1CCN(C2CC(N)C2)C(C)C1. The predicted octanol–water partition coefficient (Wildman–Crippen LogP) is 1.60. The summed E-state index contributed by atoms with van der Waals surface area (Å²) in [6.07, 6.45) is 5.24. The van der Waals surface area contributed by atoms with E-state index >= 15 is 0 Å². The summed E-state index contributed by atoms with van der Waals surface area (Å²) in [5.41, 5.74) is 5.82. The number of nitrogens with two attached hydrogens (primary N) is 1. The predicted molar refractivity (Wildman–Crippen MR) is 55.6 cm³/mol. The van der Waals surface area contributed by atoms with Crippen molar-refractivity contribution in [3.63, 3.8) is 0 Å². The highest BCUT2D eigenvalue weighted by atomic mass is 15.2. The van der Waals surface area contributed by atoms with Gasteiger partial charge in [0, 0.05) is 18.1 Å². The molecule has 0 radical (unpaired) electrons. The minimum absolute atomic E-state index is 0.497. The van der Waals surface area contributed by atoms with Crippen molar-refractivity contribution in [1.29, 1.82) is 0 Å². The standard InChI is InChI=1S/C11H22N2/c1-8-3-4-13(9(2)5-8)11-6-10(12)7-11/h8-11H,3-7,12H2,1-2H3. The van der Waals surface area contributed by atoms with Crippen LogP contribution in [0.4, 0.5) is 0 Å². The summed E-state index contributed by atoms with van der Waals surface area (Å²) in [5, 5.41) is 0. The maximum atomic E-state index is 5.82. The molecule has 0 aromatic heterocycles. The van der Waals surface area contributed by atoms with Gasteiger partial charge in [0.15, 0.2) is 0 Å². The van der Waals surface area contributed by atoms with Crippen LogP contribution in [0.2, 0.25) is 0 Å². The van der Waals surface area contributed by atoms with Gasteiger partial charge in [-0.3, -0.25) is 4.90 Å². The Kier molecular flexibility index (Phi) is 2.61. The molecule has 2 unspecified atom stereocenters. The van der Waals surface area contributed by atoms with E-state index in [4.69, 9.17) is 5.73 Å². The van der Waals surface area contributed by atoms with E-state index in [9.17, 15) is 0 Å². The molecule has 1 aliphatic heterocycles. The van der Waals surface area contributed by atoms with E-state index in [-0.39, 0.29) is 0 Å². The van der Waals surface area contributed by atoms with Crippen molar-refractivity contribution in [3.8, 4) is 0 Å². The van der Waals surface area contributed by atoms with E-state index in [1.165, 1.54) is 32.2 Å². The van der Waals surface area contributed by atoms with Gasteiger partial charge in [-0.25, -0.2) is 0 Å². The molecular formula is C11H22N2. The molecule has 1 saturated carbocycles.